The van der Waals surface area contributed by atoms with Crippen molar-refractivity contribution in [2.24, 2.45) is 0 Å². The van der Waals surface area contributed by atoms with Crippen LogP contribution >= 0.6 is 0 Å². The molecule has 0 aliphatic carbocycles. The Morgan fingerprint density at radius 3 is 2.44 bits per heavy atom. The zero-order valence-corrected chi connectivity index (χ0v) is 13.8. The molecular weight excluding hydrogens is 322 g/mol. The molecule has 0 aromatic heterocycles. The van der Waals surface area contributed by atoms with Crippen molar-refractivity contribution in [1.29, 1.82) is 0 Å². The first kappa shape index (κ1) is 15.8. The van der Waals surface area contributed by atoms with E-state index in [9.17, 15) is 19.2 Å². The zero-order valence-electron chi connectivity index (χ0n) is 13.8. The van der Waals surface area contributed by atoms with Crippen molar-refractivity contribution in [1.82, 2.24) is 10.2 Å². The molecule has 2 fully saturated rings. The molecular formula is C18H19N3O4. The molecule has 0 saturated carbocycles. The van der Waals surface area contributed by atoms with Crippen molar-refractivity contribution in [2.75, 3.05) is 18.0 Å². The van der Waals surface area contributed by atoms with Crippen LogP contribution in [0.1, 0.15) is 52.8 Å². The summed E-state index contributed by atoms with van der Waals surface area (Å²) in [7, 11) is 0. The van der Waals surface area contributed by atoms with E-state index in [0.717, 1.165) is 36.5 Å². The molecule has 7 nitrogen and oxygen atoms in total. The molecule has 25 heavy (non-hydrogen) atoms. The summed E-state index contributed by atoms with van der Waals surface area (Å²) in [5.41, 5.74) is 1.50. The predicted octanol–water partition coefficient (Wildman–Crippen LogP) is 1.08. The molecule has 1 N–H and O–H groups in total. The molecule has 3 aliphatic rings. The third-order valence-corrected chi connectivity index (χ3v) is 5.14. The Kier molecular flexibility index (Phi) is 3.78. The number of piperidine rings is 2. The summed E-state index contributed by atoms with van der Waals surface area (Å²) >= 11 is 0. The van der Waals surface area contributed by atoms with Crippen LogP contribution in [-0.2, 0) is 9.59 Å². The van der Waals surface area contributed by atoms with Gasteiger partial charge in [-0.3, -0.25) is 29.4 Å². The van der Waals surface area contributed by atoms with Gasteiger partial charge < -0.3 is 4.90 Å². The molecule has 4 amide bonds. The molecule has 0 radical (unpaired) electrons. The number of amides is 4. The number of nitrogens with one attached hydrogen (secondary N) is 1. The van der Waals surface area contributed by atoms with Crippen LogP contribution in [-0.4, -0.2) is 47.7 Å². The van der Waals surface area contributed by atoms with Crippen LogP contribution in [0.15, 0.2) is 18.2 Å². The van der Waals surface area contributed by atoms with E-state index < -0.39 is 23.8 Å². The number of carbonyl (C=O) groups excluding carboxylic acids is 4. The minimum absolute atomic E-state index is 0.128. The lowest BCUT2D eigenvalue weighted by molar-refractivity contribution is -0.136. The van der Waals surface area contributed by atoms with Crippen LogP contribution in [0, 0.1) is 0 Å². The number of anilines is 1. The lowest BCUT2D eigenvalue weighted by atomic mass is 10.0. The van der Waals surface area contributed by atoms with Crippen molar-refractivity contribution < 1.29 is 19.2 Å². The van der Waals surface area contributed by atoms with Gasteiger partial charge in [0, 0.05) is 19.5 Å². The van der Waals surface area contributed by atoms with Crippen LogP contribution in [0.2, 0.25) is 0 Å². The highest BCUT2D eigenvalue weighted by Gasteiger charge is 2.46. The second-order valence-corrected chi connectivity index (χ2v) is 6.69. The summed E-state index contributed by atoms with van der Waals surface area (Å²) in [6.07, 6.45) is 3.59. The Labute approximate surface area is 145 Å². The Balaban J connectivity index is 1.70. The van der Waals surface area contributed by atoms with Crippen LogP contribution in [0.4, 0.5) is 5.69 Å². The minimum atomic E-state index is -0.917. The molecule has 0 bridgehead atoms. The van der Waals surface area contributed by atoms with Gasteiger partial charge in [0.05, 0.1) is 16.8 Å². The summed E-state index contributed by atoms with van der Waals surface area (Å²) in [5.74, 6) is -1.83. The molecule has 2 saturated heterocycles. The van der Waals surface area contributed by atoms with E-state index in [4.69, 9.17) is 0 Å². The van der Waals surface area contributed by atoms with E-state index >= 15 is 0 Å². The number of hydrogen-bond acceptors (Lipinski definition) is 5. The maximum absolute atomic E-state index is 13.0. The Morgan fingerprint density at radius 1 is 0.960 bits per heavy atom. The van der Waals surface area contributed by atoms with Crippen LogP contribution in [0.5, 0.6) is 0 Å². The highest BCUT2D eigenvalue weighted by molar-refractivity contribution is 6.25. The number of nitrogens with zero attached hydrogens (tertiary/aromatic N) is 2. The molecule has 0 spiro atoms. The maximum Gasteiger partial charge on any atom is 0.264 e. The first-order valence-corrected chi connectivity index (χ1v) is 8.67. The first-order valence-electron chi connectivity index (χ1n) is 8.67. The molecule has 1 unspecified atom stereocenters. The van der Waals surface area contributed by atoms with E-state index in [1.54, 1.807) is 12.1 Å². The van der Waals surface area contributed by atoms with Gasteiger partial charge in [0.15, 0.2) is 0 Å². The fourth-order valence-electron chi connectivity index (χ4n) is 3.90. The van der Waals surface area contributed by atoms with E-state index in [0.29, 0.717) is 11.1 Å². The average Bonchev–Trinajstić information content (AvgIpc) is 2.87. The van der Waals surface area contributed by atoms with Crippen molar-refractivity contribution in [2.45, 2.75) is 38.1 Å². The summed E-state index contributed by atoms with van der Waals surface area (Å²) in [4.78, 5) is 52.4. The molecule has 1 aromatic rings. The van der Waals surface area contributed by atoms with Gasteiger partial charge in [-0.15, -0.1) is 0 Å². The van der Waals surface area contributed by atoms with Gasteiger partial charge >= 0.3 is 0 Å². The molecule has 3 heterocycles. The van der Waals surface area contributed by atoms with Crippen molar-refractivity contribution in [3.8, 4) is 0 Å². The zero-order chi connectivity index (χ0) is 17.6. The predicted molar refractivity (Wildman–Crippen MR) is 89.2 cm³/mol. The largest absolute Gasteiger partial charge is 0.371 e. The fourth-order valence-corrected chi connectivity index (χ4v) is 3.90. The topological polar surface area (TPSA) is 86.8 Å². The summed E-state index contributed by atoms with van der Waals surface area (Å²) < 4.78 is 0. The van der Waals surface area contributed by atoms with Gasteiger partial charge in [-0.05, 0) is 37.8 Å². The van der Waals surface area contributed by atoms with Gasteiger partial charge in [-0.2, -0.15) is 0 Å². The van der Waals surface area contributed by atoms with Gasteiger partial charge in [0.1, 0.15) is 6.04 Å². The quantitative estimate of drug-likeness (QED) is 0.814. The van der Waals surface area contributed by atoms with Gasteiger partial charge in [-0.25, -0.2) is 0 Å². The van der Waals surface area contributed by atoms with Gasteiger partial charge in [-0.1, -0.05) is 6.07 Å². The van der Waals surface area contributed by atoms with E-state index in [-0.39, 0.29) is 18.7 Å². The molecule has 1 atom stereocenters. The second-order valence-electron chi connectivity index (χ2n) is 6.69. The summed E-state index contributed by atoms with van der Waals surface area (Å²) in [6, 6.07) is 4.36. The van der Waals surface area contributed by atoms with Crippen LogP contribution in [0.3, 0.4) is 0 Å². The molecule has 1 aromatic carbocycles. The Morgan fingerprint density at radius 2 is 1.72 bits per heavy atom. The Bertz CT molecular complexity index is 783. The number of imide groups is 2. The third kappa shape index (κ3) is 2.50. The summed E-state index contributed by atoms with van der Waals surface area (Å²) in [6.45, 7) is 1.71. The highest BCUT2D eigenvalue weighted by atomic mass is 16.2. The standard InChI is InChI=1S/C18H19N3O4/c22-14-8-7-13(16(23)19-14)21-17(24)11-5-4-6-12(15(11)18(21)25)20-9-2-1-3-10-20/h4-6,13H,1-3,7-10H2,(H,19,22,23). The summed E-state index contributed by atoms with van der Waals surface area (Å²) in [5, 5.41) is 2.22. The first-order chi connectivity index (χ1) is 12.1. The maximum atomic E-state index is 13.0. The smallest absolute Gasteiger partial charge is 0.264 e. The van der Waals surface area contributed by atoms with Crippen molar-refractivity contribution in [3.05, 3.63) is 29.3 Å². The SMILES string of the molecule is O=C1CCC(N2C(=O)c3cccc(N4CCCCC4)c3C2=O)C(=O)N1. The average molecular weight is 341 g/mol. The molecule has 3 aliphatic heterocycles. The fraction of sp³-hybridized carbons (Fsp3) is 0.444. The van der Waals surface area contributed by atoms with Crippen LogP contribution in [0.25, 0.3) is 0 Å². The normalized spacial score (nSPS) is 23.8. The van der Waals surface area contributed by atoms with Crippen LogP contribution < -0.4 is 10.2 Å². The number of benzene rings is 1. The van der Waals surface area contributed by atoms with E-state index in [1.165, 1.54) is 6.42 Å². The van der Waals surface area contributed by atoms with Gasteiger partial charge in [0.25, 0.3) is 11.8 Å². The third-order valence-electron chi connectivity index (χ3n) is 5.14. The Hall–Kier alpha value is -2.70. The number of hydrogen-bond donors (Lipinski definition) is 1. The van der Waals surface area contributed by atoms with E-state index in [2.05, 4.69) is 10.2 Å². The lowest BCUT2D eigenvalue weighted by Gasteiger charge is -2.30. The lowest BCUT2D eigenvalue weighted by Crippen LogP contribution is -2.54. The minimum Gasteiger partial charge on any atom is -0.371 e. The number of rotatable bonds is 2. The monoisotopic (exact) mass is 341 g/mol. The highest BCUT2D eigenvalue weighted by Crippen LogP contribution is 2.35. The second kappa shape index (κ2) is 5.98. The van der Waals surface area contributed by atoms with E-state index in [1.807, 2.05) is 6.07 Å². The van der Waals surface area contributed by atoms with Crippen molar-refractivity contribution in [3.63, 3.8) is 0 Å². The number of fused-ring (bicyclic) bond motifs is 1. The van der Waals surface area contributed by atoms with Gasteiger partial charge in [0.2, 0.25) is 11.8 Å². The molecule has 4 rings (SSSR count). The molecule has 7 heteroatoms. The van der Waals surface area contributed by atoms with Crippen molar-refractivity contribution >= 4 is 29.3 Å². The molecule has 130 valence electrons. The number of carbonyl (C=O) groups is 4.